The largest absolute Gasteiger partial charge is 0.306 e. The first-order valence-corrected chi connectivity index (χ1v) is 7.60. The molecule has 1 aromatic rings. The number of likely N-dealkylation sites (tertiary alicyclic amines) is 1. The number of carbonyl (C=O) groups is 1. The maximum Gasteiger partial charge on any atom is 0.164 e. The van der Waals surface area contributed by atoms with Crippen LogP contribution in [0.4, 0.5) is 0 Å². The zero-order valence-corrected chi connectivity index (χ0v) is 12.7. The van der Waals surface area contributed by atoms with Crippen LogP contribution in [0.5, 0.6) is 0 Å². The van der Waals surface area contributed by atoms with E-state index >= 15 is 0 Å². The van der Waals surface area contributed by atoms with E-state index in [1.165, 1.54) is 25.9 Å². The first-order chi connectivity index (χ1) is 9.65. The molecule has 0 aromatic heterocycles. The molecule has 2 rings (SSSR count). The number of benzene rings is 1. The van der Waals surface area contributed by atoms with Gasteiger partial charge in [0.15, 0.2) is 5.78 Å². The van der Waals surface area contributed by atoms with Gasteiger partial charge < -0.3 is 9.80 Å². The number of ketones is 1. The van der Waals surface area contributed by atoms with Gasteiger partial charge in [-0.05, 0) is 45.9 Å². The molecule has 0 aliphatic carbocycles. The Hall–Kier alpha value is -1.19. The summed E-state index contributed by atoms with van der Waals surface area (Å²) in [5.41, 5.74) is 0.834. The van der Waals surface area contributed by atoms with E-state index in [-0.39, 0.29) is 5.78 Å². The molecular weight excluding hydrogens is 248 g/mol. The monoisotopic (exact) mass is 274 g/mol. The molecule has 1 aromatic carbocycles. The minimum atomic E-state index is 0.251. The van der Waals surface area contributed by atoms with Crippen molar-refractivity contribution in [2.75, 3.05) is 40.3 Å². The molecule has 0 bridgehead atoms. The van der Waals surface area contributed by atoms with Gasteiger partial charge in [-0.15, -0.1) is 0 Å². The third kappa shape index (κ3) is 4.73. The summed E-state index contributed by atoms with van der Waals surface area (Å²) in [5, 5.41) is 0. The summed E-state index contributed by atoms with van der Waals surface area (Å²) in [6, 6.07) is 9.60. The van der Waals surface area contributed by atoms with Crippen LogP contribution in [0.3, 0.4) is 0 Å². The van der Waals surface area contributed by atoms with E-state index in [0.29, 0.717) is 6.42 Å². The molecule has 0 N–H and O–H groups in total. The van der Waals surface area contributed by atoms with Crippen LogP contribution in [-0.2, 0) is 0 Å². The maximum atomic E-state index is 12.1. The van der Waals surface area contributed by atoms with Crippen LogP contribution in [0.2, 0.25) is 0 Å². The fourth-order valence-electron chi connectivity index (χ4n) is 2.84. The second kappa shape index (κ2) is 7.55. The fourth-order valence-corrected chi connectivity index (χ4v) is 2.84. The van der Waals surface area contributed by atoms with Gasteiger partial charge in [0, 0.05) is 25.1 Å². The summed E-state index contributed by atoms with van der Waals surface area (Å²) in [5.74, 6) is 1.05. The van der Waals surface area contributed by atoms with E-state index in [1.54, 1.807) is 0 Å². The lowest BCUT2D eigenvalue weighted by atomic mass is 9.96. The van der Waals surface area contributed by atoms with Gasteiger partial charge >= 0.3 is 0 Å². The van der Waals surface area contributed by atoms with Gasteiger partial charge in [-0.3, -0.25) is 4.79 Å². The molecule has 0 spiro atoms. The van der Waals surface area contributed by atoms with Crippen molar-refractivity contribution in [3.05, 3.63) is 35.9 Å². The van der Waals surface area contributed by atoms with Gasteiger partial charge in [-0.2, -0.15) is 0 Å². The Bertz CT molecular complexity index is 410. The van der Waals surface area contributed by atoms with Crippen molar-refractivity contribution in [3.63, 3.8) is 0 Å². The normalized spacial score (nSPS) is 17.6. The molecule has 0 atom stereocenters. The molecule has 0 unspecified atom stereocenters. The van der Waals surface area contributed by atoms with E-state index in [9.17, 15) is 4.79 Å². The van der Waals surface area contributed by atoms with Gasteiger partial charge in [0.05, 0.1) is 0 Å². The summed E-state index contributed by atoms with van der Waals surface area (Å²) < 4.78 is 0. The SMILES string of the molecule is CN1CCC(CN(C)CCC(=O)c2ccccc2)CC1. The minimum Gasteiger partial charge on any atom is -0.306 e. The number of Topliss-reactive ketones (excluding diaryl/α,β-unsaturated/α-hetero) is 1. The molecule has 1 aliphatic rings. The van der Waals surface area contributed by atoms with Gasteiger partial charge in [0.2, 0.25) is 0 Å². The van der Waals surface area contributed by atoms with Gasteiger partial charge in [-0.1, -0.05) is 30.3 Å². The van der Waals surface area contributed by atoms with E-state index in [0.717, 1.165) is 24.6 Å². The molecule has 1 fully saturated rings. The molecule has 1 saturated heterocycles. The Balaban J connectivity index is 1.70. The lowest BCUT2D eigenvalue weighted by molar-refractivity contribution is 0.0961. The molecule has 1 aliphatic heterocycles. The first kappa shape index (κ1) is 15.2. The molecule has 3 heteroatoms. The molecule has 1 heterocycles. The number of piperidine rings is 1. The van der Waals surface area contributed by atoms with Gasteiger partial charge in [0.1, 0.15) is 0 Å². The van der Waals surface area contributed by atoms with Crippen molar-refractivity contribution in [3.8, 4) is 0 Å². The highest BCUT2D eigenvalue weighted by atomic mass is 16.1. The zero-order valence-electron chi connectivity index (χ0n) is 12.7. The number of rotatable bonds is 6. The van der Waals surface area contributed by atoms with Crippen molar-refractivity contribution in [1.29, 1.82) is 0 Å². The van der Waals surface area contributed by atoms with Crippen molar-refractivity contribution in [2.24, 2.45) is 5.92 Å². The molecule has 3 nitrogen and oxygen atoms in total. The average Bonchev–Trinajstić information content (AvgIpc) is 2.48. The van der Waals surface area contributed by atoms with E-state index in [2.05, 4.69) is 23.9 Å². The Labute approximate surface area is 122 Å². The molecule has 0 amide bonds. The van der Waals surface area contributed by atoms with E-state index < -0.39 is 0 Å². The highest BCUT2D eigenvalue weighted by Gasteiger charge is 2.18. The number of nitrogens with zero attached hydrogens (tertiary/aromatic N) is 2. The average molecular weight is 274 g/mol. The summed E-state index contributed by atoms with van der Waals surface area (Å²) >= 11 is 0. The van der Waals surface area contributed by atoms with Crippen molar-refractivity contribution < 1.29 is 4.79 Å². The maximum absolute atomic E-state index is 12.1. The number of carbonyl (C=O) groups excluding carboxylic acids is 1. The Kier molecular flexibility index (Phi) is 5.74. The Morgan fingerprint density at radius 3 is 2.55 bits per heavy atom. The van der Waals surface area contributed by atoms with Gasteiger partial charge in [0.25, 0.3) is 0 Å². The van der Waals surface area contributed by atoms with Crippen LogP contribution in [0, 0.1) is 5.92 Å². The topological polar surface area (TPSA) is 23.6 Å². The third-order valence-electron chi connectivity index (χ3n) is 4.22. The second-order valence-corrected chi connectivity index (χ2v) is 6.05. The lowest BCUT2D eigenvalue weighted by Gasteiger charge is -2.31. The summed E-state index contributed by atoms with van der Waals surface area (Å²) in [6.45, 7) is 4.40. The molecular formula is C17H26N2O. The van der Waals surface area contributed by atoms with E-state index in [1.807, 2.05) is 30.3 Å². The van der Waals surface area contributed by atoms with Crippen LogP contribution in [0.15, 0.2) is 30.3 Å². The van der Waals surface area contributed by atoms with Crippen LogP contribution in [0.1, 0.15) is 29.6 Å². The minimum absolute atomic E-state index is 0.251. The Morgan fingerprint density at radius 1 is 1.25 bits per heavy atom. The van der Waals surface area contributed by atoms with Gasteiger partial charge in [-0.25, -0.2) is 0 Å². The molecule has 110 valence electrons. The summed E-state index contributed by atoms with van der Waals surface area (Å²) in [6.07, 6.45) is 3.19. The first-order valence-electron chi connectivity index (χ1n) is 7.60. The number of hydrogen-bond donors (Lipinski definition) is 0. The fraction of sp³-hybridized carbons (Fsp3) is 0.588. The molecule has 0 radical (unpaired) electrons. The predicted octanol–water partition coefficient (Wildman–Crippen LogP) is 2.53. The number of hydrogen-bond acceptors (Lipinski definition) is 3. The summed E-state index contributed by atoms with van der Waals surface area (Å²) in [7, 11) is 4.33. The van der Waals surface area contributed by atoms with E-state index in [4.69, 9.17) is 0 Å². The Morgan fingerprint density at radius 2 is 1.90 bits per heavy atom. The molecule has 0 saturated carbocycles. The highest BCUT2D eigenvalue weighted by Crippen LogP contribution is 2.17. The van der Waals surface area contributed by atoms with Crippen molar-refractivity contribution in [1.82, 2.24) is 9.80 Å². The van der Waals surface area contributed by atoms with Crippen LogP contribution >= 0.6 is 0 Å². The van der Waals surface area contributed by atoms with Crippen molar-refractivity contribution in [2.45, 2.75) is 19.3 Å². The van der Waals surface area contributed by atoms with Crippen LogP contribution in [-0.4, -0.2) is 55.9 Å². The molecule has 20 heavy (non-hydrogen) atoms. The quantitative estimate of drug-likeness (QED) is 0.745. The standard InChI is InChI=1S/C17H26N2O/c1-18-11-8-15(9-12-18)14-19(2)13-10-17(20)16-6-4-3-5-7-16/h3-7,15H,8-14H2,1-2H3. The van der Waals surface area contributed by atoms with Crippen LogP contribution in [0.25, 0.3) is 0 Å². The summed E-state index contributed by atoms with van der Waals surface area (Å²) in [4.78, 5) is 16.8. The smallest absolute Gasteiger partial charge is 0.164 e. The highest BCUT2D eigenvalue weighted by molar-refractivity contribution is 5.96. The van der Waals surface area contributed by atoms with Crippen molar-refractivity contribution >= 4 is 5.78 Å². The lowest BCUT2D eigenvalue weighted by Crippen LogP contribution is -2.36. The van der Waals surface area contributed by atoms with Crippen LogP contribution < -0.4 is 0 Å². The second-order valence-electron chi connectivity index (χ2n) is 6.05. The third-order valence-corrected chi connectivity index (χ3v) is 4.22. The predicted molar refractivity (Wildman–Crippen MR) is 83.1 cm³/mol. The zero-order chi connectivity index (χ0) is 14.4.